The van der Waals surface area contributed by atoms with Crippen LogP contribution < -0.4 is 15.4 Å². The molecule has 172 valence electrons. The van der Waals surface area contributed by atoms with E-state index in [4.69, 9.17) is 20.6 Å². The molecule has 1 aromatic heterocycles. The minimum atomic E-state index is -0.274. The third-order valence-corrected chi connectivity index (χ3v) is 5.91. The first-order chi connectivity index (χ1) is 15.3. The lowest BCUT2D eigenvalue weighted by molar-refractivity contribution is -0.141. The van der Waals surface area contributed by atoms with Gasteiger partial charge >= 0.3 is 0 Å². The summed E-state index contributed by atoms with van der Waals surface area (Å²) in [6.07, 6.45) is 1.53. The van der Waals surface area contributed by atoms with Crippen molar-refractivity contribution in [3.8, 4) is 5.75 Å². The number of ether oxygens (including phenoxy) is 2. The van der Waals surface area contributed by atoms with Crippen molar-refractivity contribution in [2.24, 2.45) is 7.05 Å². The van der Waals surface area contributed by atoms with E-state index in [1.54, 1.807) is 16.8 Å². The second-order valence-corrected chi connectivity index (χ2v) is 8.62. The Morgan fingerprint density at radius 1 is 1.25 bits per heavy atom. The van der Waals surface area contributed by atoms with E-state index in [-0.39, 0.29) is 18.1 Å². The molecule has 3 heterocycles. The van der Waals surface area contributed by atoms with Gasteiger partial charge in [0, 0.05) is 57.2 Å². The fraction of sp³-hybridized carbons (Fsp3) is 0.522. The van der Waals surface area contributed by atoms with Gasteiger partial charge in [0.05, 0.1) is 17.5 Å². The van der Waals surface area contributed by atoms with Gasteiger partial charge in [-0.3, -0.25) is 14.9 Å². The molecule has 2 fully saturated rings. The number of nitrogens with two attached hydrogens (primary N) is 1. The highest BCUT2D eigenvalue weighted by Crippen LogP contribution is 2.25. The Hall–Kier alpha value is -3.07. The second-order valence-electron chi connectivity index (χ2n) is 8.62. The average Bonchev–Trinajstić information content (AvgIpc) is 3.44. The molecule has 2 saturated heterocycles. The maximum atomic E-state index is 12.6. The lowest BCUT2D eigenvalue weighted by Crippen LogP contribution is -2.51. The number of aromatic nitrogens is 2. The van der Waals surface area contributed by atoms with Crippen molar-refractivity contribution in [1.82, 2.24) is 14.7 Å². The van der Waals surface area contributed by atoms with Crippen molar-refractivity contribution in [3.63, 3.8) is 0 Å². The van der Waals surface area contributed by atoms with Crippen LogP contribution in [0.5, 0.6) is 5.75 Å². The molecule has 0 spiro atoms. The maximum absolute atomic E-state index is 12.6. The van der Waals surface area contributed by atoms with Crippen LogP contribution in [-0.2, 0) is 16.6 Å². The van der Waals surface area contributed by atoms with Gasteiger partial charge in [-0.15, -0.1) is 0 Å². The van der Waals surface area contributed by atoms with Crippen LogP contribution in [0.2, 0.25) is 0 Å². The Morgan fingerprint density at radius 3 is 2.66 bits per heavy atom. The largest absolute Gasteiger partial charge is 0.491 e. The number of benzene rings is 1. The molecular weight excluding hydrogens is 408 g/mol. The number of nitrogens with zero attached hydrogens (tertiary/aromatic N) is 4. The van der Waals surface area contributed by atoms with Crippen LogP contribution in [0.25, 0.3) is 0 Å². The number of carbonyl (C=O) groups is 1. The van der Waals surface area contributed by atoms with Crippen LogP contribution in [0.15, 0.2) is 24.3 Å². The number of nitrogen functional groups attached to an aromatic ring is 1. The number of rotatable bonds is 6. The first-order valence-electron chi connectivity index (χ1n) is 11.2. The zero-order chi connectivity index (χ0) is 22.8. The van der Waals surface area contributed by atoms with Crippen molar-refractivity contribution in [3.05, 3.63) is 35.5 Å². The average molecular weight is 441 g/mol. The topological polar surface area (TPSA) is 110 Å². The van der Waals surface area contributed by atoms with Crippen molar-refractivity contribution in [2.75, 3.05) is 43.4 Å². The first kappa shape index (κ1) is 22.1. The minimum Gasteiger partial charge on any atom is -0.491 e. The van der Waals surface area contributed by atoms with Gasteiger partial charge < -0.3 is 25.0 Å². The van der Waals surface area contributed by atoms with Crippen LogP contribution in [0.3, 0.4) is 0 Å². The second kappa shape index (κ2) is 9.20. The molecule has 32 heavy (non-hydrogen) atoms. The number of anilines is 2. The Bertz CT molecular complexity index is 988. The molecule has 9 nitrogen and oxygen atoms in total. The molecule has 1 aromatic carbocycles. The fourth-order valence-corrected chi connectivity index (χ4v) is 4.21. The molecule has 2 aliphatic rings. The maximum Gasteiger partial charge on any atom is 0.251 e. The summed E-state index contributed by atoms with van der Waals surface area (Å²) in [7, 11) is 1.83. The molecule has 1 atom stereocenters. The van der Waals surface area contributed by atoms with E-state index in [2.05, 4.69) is 10.00 Å². The third kappa shape index (κ3) is 4.57. The van der Waals surface area contributed by atoms with Crippen molar-refractivity contribution in [2.45, 2.75) is 38.9 Å². The van der Waals surface area contributed by atoms with Gasteiger partial charge in [0.25, 0.3) is 5.91 Å². The number of carbonyl (C=O) groups excluding carboxylic acids is 1. The van der Waals surface area contributed by atoms with Gasteiger partial charge in [0.2, 0.25) is 0 Å². The minimum absolute atomic E-state index is 0.0368. The molecule has 0 aliphatic carbocycles. The monoisotopic (exact) mass is 440 g/mol. The predicted molar refractivity (Wildman–Crippen MR) is 124 cm³/mol. The van der Waals surface area contributed by atoms with Crippen molar-refractivity contribution >= 4 is 23.1 Å². The number of aryl methyl sites for hydroxylation is 1. The number of amides is 1. The van der Waals surface area contributed by atoms with E-state index >= 15 is 0 Å². The molecule has 1 amide bonds. The Morgan fingerprint density at radius 2 is 2.00 bits per heavy atom. The molecular formula is C23H32N6O3. The van der Waals surface area contributed by atoms with Gasteiger partial charge in [0.1, 0.15) is 11.9 Å². The van der Waals surface area contributed by atoms with Crippen LogP contribution in [0, 0.1) is 5.41 Å². The number of piperazine rings is 1. The highest BCUT2D eigenvalue weighted by molar-refractivity contribution is 6.13. The van der Waals surface area contributed by atoms with Crippen molar-refractivity contribution < 1.29 is 14.3 Å². The number of hydrogen-bond donors (Lipinski definition) is 2. The smallest absolute Gasteiger partial charge is 0.251 e. The molecule has 4 rings (SSSR count). The van der Waals surface area contributed by atoms with Gasteiger partial charge in [-0.05, 0) is 44.9 Å². The molecule has 1 unspecified atom stereocenters. The van der Waals surface area contributed by atoms with Crippen LogP contribution >= 0.6 is 0 Å². The van der Waals surface area contributed by atoms with Gasteiger partial charge in [-0.2, -0.15) is 5.10 Å². The lowest BCUT2D eigenvalue weighted by Gasteiger charge is -2.35. The molecule has 9 heteroatoms. The van der Waals surface area contributed by atoms with Crippen LogP contribution in [0.1, 0.15) is 37.9 Å². The summed E-state index contributed by atoms with van der Waals surface area (Å²) in [5, 5.41) is 13.4. The first-order valence-corrected chi connectivity index (χ1v) is 11.2. The summed E-state index contributed by atoms with van der Waals surface area (Å²) in [5.41, 5.74) is 8.28. The highest BCUT2D eigenvalue weighted by Gasteiger charge is 2.31. The van der Waals surface area contributed by atoms with Crippen molar-refractivity contribution in [1.29, 1.82) is 5.41 Å². The summed E-state index contributed by atoms with van der Waals surface area (Å²) in [4.78, 5) is 16.6. The number of hydrogen-bond acceptors (Lipinski definition) is 7. The Labute approximate surface area is 188 Å². The van der Waals surface area contributed by atoms with Crippen LogP contribution in [0.4, 0.5) is 11.5 Å². The highest BCUT2D eigenvalue weighted by atomic mass is 16.5. The summed E-state index contributed by atoms with van der Waals surface area (Å²) >= 11 is 0. The molecule has 0 saturated carbocycles. The third-order valence-electron chi connectivity index (χ3n) is 5.91. The summed E-state index contributed by atoms with van der Waals surface area (Å²) in [6, 6.07) is 7.30. The lowest BCUT2D eigenvalue weighted by atomic mass is 10.0. The molecule has 0 bridgehead atoms. The van der Waals surface area contributed by atoms with E-state index < -0.39 is 0 Å². The number of nitrogens with one attached hydrogen (secondary N) is 1. The standard InChI is InChI=1S/C23H32N6O3/c1-15(2)32-16-6-7-18(24)17(13-16)22(25)19-14-21(26-27(19)3)28-8-10-29(11-9-28)23(30)20-5-4-12-31-20/h6-7,13-15,20,25H,4-5,8-12,24H2,1-3H3. The van der Waals surface area contributed by atoms with E-state index in [1.165, 1.54) is 0 Å². The van der Waals surface area contributed by atoms with Gasteiger partial charge in [-0.1, -0.05) is 0 Å². The van der Waals surface area contributed by atoms with Gasteiger partial charge in [-0.25, -0.2) is 0 Å². The predicted octanol–water partition coefficient (Wildman–Crippen LogP) is 2.03. The van der Waals surface area contributed by atoms with Gasteiger partial charge in [0.15, 0.2) is 5.82 Å². The normalized spacial score (nSPS) is 18.9. The van der Waals surface area contributed by atoms with Crippen LogP contribution in [-0.4, -0.2) is 71.3 Å². The zero-order valence-electron chi connectivity index (χ0n) is 19.0. The van der Waals surface area contributed by atoms with E-state index in [1.807, 2.05) is 37.9 Å². The molecule has 3 N–H and O–H groups in total. The molecule has 0 radical (unpaired) electrons. The van der Waals surface area contributed by atoms with E-state index in [9.17, 15) is 4.79 Å². The Kier molecular flexibility index (Phi) is 6.36. The summed E-state index contributed by atoms with van der Waals surface area (Å²) in [6.45, 7) is 7.28. The fourth-order valence-electron chi connectivity index (χ4n) is 4.21. The van der Waals surface area contributed by atoms with E-state index in [0.717, 1.165) is 18.7 Å². The molecule has 2 aromatic rings. The van der Waals surface area contributed by atoms with E-state index in [0.29, 0.717) is 61.2 Å². The zero-order valence-corrected chi connectivity index (χ0v) is 19.0. The molecule has 2 aliphatic heterocycles. The Balaban J connectivity index is 1.45. The summed E-state index contributed by atoms with van der Waals surface area (Å²) in [5.74, 6) is 1.58. The quantitative estimate of drug-likeness (QED) is 0.525. The summed E-state index contributed by atoms with van der Waals surface area (Å²) < 4.78 is 13.0. The SMILES string of the molecule is CC(C)Oc1ccc(N)c(C(=N)c2cc(N3CCN(C(=O)C4CCCO4)CC3)nn2C)c1.